The number of nitrogens with zero attached hydrogens (tertiary/aromatic N) is 7. The van der Waals surface area contributed by atoms with Crippen LogP contribution in [0.25, 0.3) is 27.7 Å². The molecule has 1 unspecified atom stereocenters. The highest BCUT2D eigenvalue weighted by atomic mass is 32.2. The van der Waals surface area contributed by atoms with E-state index in [2.05, 4.69) is 49.2 Å². The molecule has 4 aromatic heterocycles. The number of halogens is 1. The molecule has 176 valence electrons. The zero-order valence-corrected chi connectivity index (χ0v) is 19.9. The summed E-state index contributed by atoms with van der Waals surface area (Å²) in [5.74, 6) is -0.425. The number of pyridine rings is 2. The van der Waals surface area contributed by atoms with Gasteiger partial charge in [0.05, 0.1) is 29.6 Å². The van der Waals surface area contributed by atoms with E-state index in [0.717, 1.165) is 46.7 Å². The molecule has 0 radical (unpaired) electrons. The normalized spacial score (nSPS) is 16.3. The average molecular weight is 487 g/mol. The van der Waals surface area contributed by atoms with Crippen LogP contribution in [0.5, 0.6) is 0 Å². The number of hydrogen-bond acceptors (Lipinski definition) is 7. The molecule has 6 rings (SSSR count). The lowest BCUT2D eigenvalue weighted by molar-refractivity contribution is 0.530. The molecule has 5 aromatic rings. The fraction of sp³-hybridized carbons (Fsp3) is 0.200. The summed E-state index contributed by atoms with van der Waals surface area (Å²) in [7, 11) is 1.83. The second-order valence-electron chi connectivity index (χ2n) is 8.51. The zero-order valence-electron chi connectivity index (χ0n) is 19.1. The van der Waals surface area contributed by atoms with Gasteiger partial charge in [-0.05, 0) is 42.1 Å². The molecule has 0 bridgehead atoms. The van der Waals surface area contributed by atoms with Gasteiger partial charge in [0, 0.05) is 60.5 Å². The van der Waals surface area contributed by atoms with E-state index in [4.69, 9.17) is 0 Å². The monoisotopic (exact) mass is 486 g/mol. The SMILES string of the molecule is C=CC1CNCCN1c1cnc2ccc(Sc3nnc4c(F)cc(-c5cnn(C)c5)cn34)cc2c1. The van der Waals surface area contributed by atoms with E-state index in [9.17, 15) is 4.39 Å². The van der Waals surface area contributed by atoms with E-state index in [1.54, 1.807) is 15.3 Å². The third kappa shape index (κ3) is 4.04. The van der Waals surface area contributed by atoms with Gasteiger partial charge in [0.25, 0.3) is 0 Å². The molecule has 8 nitrogen and oxygen atoms in total. The minimum Gasteiger partial charge on any atom is -0.361 e. The van der Waals surface area contributed by atoms with Gasteiger partial charge >= 0.3 is 0 Å². The van der Waals surface area contributed by atoms with Crippen LogP contribution in [0, 0.1) is 5.82 Å². The van der Waals surface area contributed by atoms with Crippen molar-refractivity contribution in [1.29, 1.82) is 0 Å². The van der Waals surface area contributed by atoms with Crippen LogP contribution in [-0.2, 0) is 7.05 Å². The van der Waals surface area contributed by atoms with Crippen molar-refractivity contribution in [1.82, 2.24) is 34.7 Å². The van der Waals surface area contributed by atoms with Crippen LogP contribution in [0.2, 0.25) is 0 Å². The molecule has 1 saturated heterocycles. The van der Waals surface area contributed by atoms with Gasteiger partial charge in [-0.3, -0.25) is 14.1 Å². The van der Waals surface area contributed by atoms with E-state index < -0.39 is 5.82 Å². The van der Waals surface area contributed by atoms with Gasteiger partial charge in [0.15, 0.2) is 11.5 Å². The molecule has 1 N–H and O–H groups in total. The van der Waals surface area contributed by atoms with Gasteiger partial charge in [-0.2, -0.15) is 5.10 Å². The highest BCUT2D eigenvalue weighted by molar-refractivity contribution is 7.99. The van der Waals surface area contributed by atoms with E-state index in [1.165, 1.54) is 17.8 Å². The molecule has 1 fully saturated rings. The minimum atomic E-state index is -0.425. The summed E-state index contributed by atoms with van der Waals surface area (Å²) < 4.78 is 18.2. The molecular weight excluding hydrogens is 463 g/mol. The van der Waals surface area contributed by atoms with Gasteiger partial charge in [-0.1, -0.05) is 6.08 Å². The standard InChI is InChI=1S/C25H23FN8S/c1-3-19-12-27-6-7-33(19)20-8-16-9-21(4-5-23(16)28-13-20)35-25-31-30-24-22(26)10-17(15-34(24)25)18-11-29-32(2)14-18/h3-5,8-11,13-15,19,27H,1,6-7,12H2,2H3. The van der Waals surface area contributed by atoms with E-state index >= 15 is 0 Å². The van der Waals surface area contributed by atoms with E-state index in [1.807, 2.05) is 43.8 Å². The Hall–Kier alpha value is -3.76. The lowest BCUT2D eigenvalue weighted by Crippen LogP contribution is -2.50. The van der Waals surface area contributed by atoms with Gasteiger partial charge in [0.1, 0.15) is 0 Å². The van der Waals surface area contributed by atoms with Crippen molar-refractivity contribution in [3.05, 3.63) is 73.6 Å². The number of piperazine rings is 1. The van der Waals surface area contributed by atoms with Crippen LogP contribution in [0.3, 0.4) is 0 Å². The maximum absolute atomic E-state index is 14.8. The van der Waals surface area contributed by atoms with Crippen molar-refractivity contribution >= 4 is 34.0 Å². The van der Waals surface area contributed by atoms with Crippen LogP contribution in [-0.4, -0.2) is 55.0 Å². The maximum Gasteiger partial charge on any atom is 0.200 e. The third-order valence-corrected chi connectivity index (χ3v) is 7.15. The summed E-state index contributed by atoms with van der Waals surface area (Å²) in [6.07, 6.45) is 9.30. The van der Waals surface area contributed by atoms with Crippen molar-refractivity contribution in [2.24, 2.45) is 7.05 Å². The number of hydrogen-bond donors (Lipinski definition) is 1. The van der Waals surface area contributed by atoms with Crippen LogP contribution < -0.4 is 10.2 Å². The first-order chi connectivity index (χ1) is 17.1. The molecule has 1 aliphatic rings. The summed E-state index contributed by atoms with van der Waals surface area (Å²) in [5, 5.41) is 17.5. The van der Waals surface area contributed by atoms with Crippen molar-refractivity contribution in [3.63, 3.8) is 0 Å². The number of nitrogens with one attached hydrogen (secondary N) is 1. The highest BCUT2D eigenvalue weighted by Gasteiger charge is 2.20. The number of rotatable bonds is 5. The third-order valence-electron chi connectivity index (χ3n) is 6.20. The number of aromatic nitrogens is 6. The molecule has 0 amide bonds. The topological polar surface area (TPSA) is 76.2 Å². The Bertz CT molecular complexity index is 1560. The average Bonchev–Trinajstić information content (AvgIpc) is 3.50. The van der Waals surface area contributed by atoms with Gasteiger partial charge in [-0.25, -0.2) is 4.39 Å². The Morgan fingerprint density at radius 3 is 2.89 bits per heavy atom. The Balaban J connectivity index is 1.35. The molecular formula is C25H23FN8S. The zero-order chi connectivity index (χ0) is 23.9. The Kier molecular flexibility index (Phi) is 5.46. The fourth-order valence-electron chi connectivity index (χ4n) is 4.41. The first-order valence-corrected chi connectivity index (χ1v) is 12.1. The molecule has 1 atom stereocenters. The summed E-state index contributed by atoms with van der Waals surface area (Å²) in [6.45, 7) is 6.68. The quantitative estimate of drug-likeness (QED) is 0.377. The molecule has 0 saturated carbocycles. The fourth-order valence-corrected chi connectivity index (χ4v) is 5.26. The van der Waals surface area contributed by atoms with Crippen LogP contribution >= 0.6 is 11.8 Å². The predicted molar refractivity (Wildman–Crippen MR) is 135 cm³/mol. The smallest absolute Gasteiger partial charge is 0.200 e. The van der Waals surface area contributed by atoms with Gasteiger partial charge < -0.3 is 10.2 Å². The minimum absolute atomic E-state index is 0.194. The number of aryl methyl sites for hydroxylation is 1. The molecule has 1 aromatic carbocycles. The van der Waals surface area contributed by atoms with Crippen LogP contribution in [0.15, 0.2) is 77.8 Å². The second kappa shape index (κ2) is 8.79. The largest absolute Gasteiger partial charge is 0.361 e. The van der Waals surface area contributed by atoms with Gasteiger partial charge in [-0.15, -0.1) is 16.8 Å². The summed E-state index contributed by atoms with van der Waals surface area (Å²) in [6, 6.07) is 9.94. The Labute approximate surface area is 205 Å². The second-order valence-corrected chi connectivity index (χ2v) is 9.55. The van der Waals surface area contributed by atoms with Crippen molar-refractivity contribution in [3.8, 4) is 11.1 Å². The number of benzene rings is 1. The molecule has 0 spiro atoms. The predicted octanol–water partition coefficient (Wildman–Crippen LogP) is 3.93. The van der Waals surface area contributed by atoms with Crippen molar-refractivity contribution < 1.29 is 4.39 Å². The Morgan fingerprint density at radius 1 is 1.14 bits per heavy atom. The van der Waals surface area contributed by atoms with Gasteiger partial charge in [0.2, 0.25) is 5.16 Å². The van der Waals surface area contributed by atoms with Crippen molar-refractivity contribution in [2.45, 2.75) is 16.1 Å². The van der Waals surface area contributed by atoms with Crippen molar-refractivity contribution in [2.75, 3.05) is 24.5 Å². The first-order valence-electron chi connectivity index (χ1n) is 11.3. The molecule has 35 heavy (non-hydrogen) atoms. The summed E-state index contributed by atoms with van der Waals surface area (Å²) >= 11 is 1.44. The van der Waals surface area contributed by atoms with E-state index in [0.29, 0.717) is 10.7 Å². The number of fused-ring (bicyclic) bond motifs is 2. The van der Waals surface area contributed by atoms with E-state index in [-0.39, 0.29) is 11.7 Å². The van der Waals surface area contributed by atoms with Crippen LogP contribution in [0.4, 0.5) is 10.1 Å². The molecule has 10 heteroatoms. The summed E-state index contributed by atoms with van der Waals surface area (Å²) in [4.78, 5) is 7.97. The molecule has 1 aliphatic heterocycles. The first kappa shape index (κ1) is 21.8. The number of anilines is 1. The van der Waals surface area contributed by atoms with Crippen LogP contribution in [0.1, 0.15) is 0 Å². The molecule has 0 aliphatic carbocycles. The Morgan fingerprint density at radius 2 is 2.06 bits per heavy atom. The maximum atomic E-state index is 14.8. The summed E-state index contributed by atoms with van der Waals surface area (Å²) in [5.41, 5.74) is 3.72. The molecule has 5 heterocycles. The highest BCUT2D eigenvalue weighted by Crippen LogP contribution is 2.32. The lowest BCUT2D eigenvalue weighted by Gasteiger charge is -2.36. The lowest BCUT2D eigenvalue weighted by atomic mass is 10.1.